The first-order chi connectivity index (χ1) is 8.24. The van der Waals surface area contributed by atoms with Crippen molar-refractivity contribution in [3.05, 3.63) is 46.6 Å². The average molecular weight is 242 g/mol. The third kappa shape index (κ3) is 2.35. The Morgan fingerprint density at radius 2 is 2.12 bits per heavy atom. The van der Waals surface area contributed by atoms with Gasteiger partial charge in [-0.25, -0.2) is 0 Å². The Morgan fingerprint density at radius 1 is 1.29 bits per heavy atom. The Hall–Kier alpha value is -2.12. The fourth-order valence-electron chi connectivity index (χ4n) is 1.59. The van der Waals surface area contributed by atoms with Crippen LogP contribution in [0.25, 0.3) is 11.3 Å². The highest BCUT2D eigenvalue weighted by Gasteiger charge is 2.07. The van der Waals surface area contributed by atoms with Gasteiger partial charge in [0.25, 0.3) is 0 Å². The molecular weight excluding hydrogens is 232 g/mol. The van der Waals surface area contributed by atoms with Gasteiger partial charge in [-0.15, -0.1) is 0 Å². The number of rotatable bonds is 2. The van der Waals surface area contributed by atoms with Gasteiger partial charge in [-0.05, 0) is 30.3 Å². The van der Waals surface area contributed by atoms with Crippen LogP contribution in [0.1, 0.15) is 5.56 Å². The Kier molecular flexibility index (Phi) is 3.22. The van der Waals surface area contributed by atoms with Gasteiger partial charge in [0, 0.05) is 5.56 Å². The molecule has 0 bridgehead atoms. The van der Waals surface area contributed by atoms with Crippen LogP contribution in [-0.4, -0.2) is 12.1 Å². The van der Waals surface area contributed by atoms with Crippen LogP contribution in [0.15, 0.2) is 36.4 Å². The molecule has 0 saturated heterocycles. The van der Waals surface area contributed by atoms with E-state index in [0.717, 1.165) is 11.3 Å². The molecule has 0 aliphatic rings. The lowest BCUT2D eigenvalue weighted by molar-refractivity contribution is 0.416. The Morgan fingerprint density at radius 3 is 2.76 bits per heavy atom. The minimum absolute atomic E-state index is 0.587. The number of ether oxygens (including phenoxy) is 1. The van der Waals surface area contributed by atoms with Crippen LogP contribution in [0.3, 0.4) is 0 Å². The SMILES string of the molecule is COc1ccc(C#N)cc1-c1cccc(=S)[nH]1. The molecule has 1 heterocycles. The zero-order valence-corrected chi connectivity index (χ0v) is 10.0. The molecule has 4 heteroatoms. The number of H-pyrrole nitrogens is 1. The number of methoxy groups -OCH3 is 1. The molecule has 1 N–H and O–H groups in total. The first kappa shape index (κ1) is 11.4. The second-order valence-electron chi connectivity index (χ2n) is 3.46. The van der Waals surface area contributed by atoms with E-state index in [0.29, 0.717) is 16.0 Å². The first-order valence-electron chi connectivity index (χ1n) is 5.02. The molecule has 1 aromatic heterocycles. The second kappa shape index (κ2) is 4.81. The predicted molar refractivity (Wildman–Crippen MR) is 68.3 cm³/mol. The van der Waals surface area contributed by atoms with Crippen LogP contribution in [-0.2, 0) is 0 Å². The number of aromatic amines is 1. The van der Waals surface area contributed by atoms with Gasteiger partial charge < -0.3 is 9.72 Å². The van der Waals surface area contributed by atoms with E-state index in [-0.39, 0.29) is 0 Å². The summed E-state index contributed by atoms with van der Waals surface area (Å²) in [7, 11) is 1.60. The maximum Gasteiger partial charge on any atom is 0.128 e. The molecule has 17 heavy (non-hydrogen) atoms. The number of nitriles is 1. The molecule has 2 rings (SSSR count). The highest BCUT2D eigenvalue weighted by molar-refractivity contribution is 7.71. The Labute approximate surface area is 104 Å². The van der Waals surface area contributed by atoms with Crippen molar-refractivity contribution in [1.82, 2.24) is 4.98 Å². The van der Waals surface area contributed by atoms with E-state index in [1.54, 1.807) is 31.4 Å². The Balaban J connectivity index is 2.65. The highest BCUT2D eigenvalue weighted by Crippen LogP contribution is 2.29. The predicted octanol–water partition coefficient (Wildman–Crippen LogP) is 3.29. The zero-order chi connectivity index (χ0) is 12.3. The molecule has 0 fully saturated rings. The summed E-state index contributed by atoms with van der Waals surface area (Å²) in [6.07, 6.45) is 0. The first-order valence-corrected chi connectivity index (χ1v) is 5.43. The van der Waals surface area contributed by atoms with Gasteiger partial charge in [0.05, 0.1) is 24.4 Å². The van der Waals surface area contributed by atoms with Gasteiger partial charge in [-0.1, -0.05) is 18.3 Å². The molecule has 0 saturated carbocycles. The van der Waals surface area contributed by atoms with Gasteiger partial charge >= 0.3 is 0 Å². The van der Waals surface area contributed by atoms with Crippen molar-refractivity contribution in [2.75, 3.05) is 7.11 Å². The van der Waals surface area contributed by atoms with Crippen molar-refractivity contribution < 1.29 is 4.74 Å². The summed E-state index contributed by atoms with van der Waals surface area (Å²) >= 11 is 5.08. The standard InChI is InChI=1S/C13H10N2OS/c1-16-12-6-5-9(8-14)7-10(12)11-3-2-4-13(17)15-11/h2-7H,1H3,(H,15,17). The quantitative estimate of drug-likeness (QED) is 0.822. The van der Waals surface area contributed by atoms with Crippen LogP contribution in [0.4, 0.5) is 0 Å². The Bertz CT molecular complexity index is 640. The normalized spacial score (nSPS) is 9.65. The molecule has 0 unspecified atom stereocenters. The van der Waals surface area contributed by atoms with Crippen molar-refractivity contribution in [3.8, 4) is 23.1 Å². The number of aromatic nitrogens is 1. The van der Waals surface area contributed by atoms with Gasteiger partial charge in [0.15, 0.2) is 0 Å². The number of pyridine rings is 1. The van der Waals surface area contributed by atoms with Gasteiger partial charge in [-0.2, -0.15) is 5.26 Å². The summed E-state index contributed by atoms with van der Waals surface area (Å²) in [5, 5.41) is 8.91. The third-order valence-electron chi connectivity index (χ3n) is 2.39. The van der Waals surface area contributed by atoms with E-state index in [9.17, 15) is 0 Å². The van der Waals surface area contributed by atoms with Crippen molar-refractivity contribution in [2.24, 2.45) is 0 Å². The molecule has 0 amide bonds. The lowest BCUT2D eigenvalue weighted by atomic mass is 10.1. The summed E-state index contributed by atoms with van der Waals surface area (Å²) in [4.78, 5) is 3.08. The van der Waals surface area contributed by atoms with E-state index < -0.39 is 0 Å². The van der Waals surface area contributed by atoms with Crippen molar-refractivity contribution >= 4 is 12.2 Å². The summed E-state index contributed by atoms with van der Waals surface area (Å²) in [5.74, 6) is 0.709. The number of hydrogen-bond donors (Lipinski definition) is 1. The fraction of sp³-hybridized carbons (Fsp3) is 0.0769. The molecule has 0 aliphatic carbocycles. The molecule has 0 aliphatic heterocycles. The number of benzene rings is 1. The van der Waals surface area contributed by atoms with Gasteiger partial charge in [-0.3, -0.25) is 0 Å². The van der Waals surface area contributed by atoms with Crippen LogP contribution >= 0.6 is 12.2 Å². The molecule has 3 nitrogen and oxygen atoms in total. The topological polar surface area (TPSA) is 48.8 Å². The van der Waals surface area contributed by atoms with Crippen molar-refractivity contribution in [1.29, 1.82) is 5.26 Å². The van der Waals surface area contributed by atoms with E-state index in [4.69, 9.17) is 22.2 Å². The van der Waals surface area contributed by atoms with E-state index in [2.05, 4.69) is 11.1 Å². The summed E-state index contributed by atoms with van der Waals surface area (Å²) in [6.45, 7) is 0. The van der Waals surface area contributed by atoms with Crippen molar-refractivity contribution in [2.45, 2.75) is 0 Å². The lowest BCUT2D eigenvalue weighted by Gasteiger charge is -2.08. The molecular formula is C13H10N2OS. The molecule has 84 valence electrons. The summed E-state index contributed by atoms with van der Waals surface area (Å²) < 4.78 is 5.92. The molecule has 1 aromatic carbocycles. The van der Waals surface area contributed by atoms with Crippen LogP contribution < -0.4 is 4.74 Å². The molecule has 2 aromatic rings. The monoisotopic (exact) mass is 242 g/mol. The van der Waals surface area contributed by atoms with Crippen LogP contribution in [0.2, 0.25) is 0 Å². The lowest BCUT2D eigenvalue weighted by Crippen LogP contribution is -1.91. The maximum atomic E-state index is 8.91. The van der Waals surface area contributed by atoms with E-state index >= 15 is 0 Å². The highest BCUT2D eigenvalue weighted by atomic mass is 32.1. The van der Waals surface area contributed by atoms with Gasteiger partial charge in [0.1, 0.15) is 10.4 Å². The number of hydrogen-bond acceptors (Lipinski definition) is 3. The largest absolute Gasteiger partial charge is 0.496 e. The minimum atomic E-state index is 0.587. The zero-order valence-electron chi connectivity index (χ0n) is 9.23. The minimum Gasteiger partial charge on any atom is -0.496 e. The van der Waals surface area contributed by atoms with E-state index in [1.807, 2.05) is 12.1 Å². The summed E-state index contributed by atoms with van der Waals surface area (Å²) in [6, 6.07) is 13.0. The number of nitrogens with one attached hydrogen (secondary N) is 1. The fourth-order valence-corrected chi connectivity index (χ4v) is 1.78. The molecule has 0 radical (unpaired) electrons. The smallest absolute Gasteiger partial charge is 0.128 e. The van der Waals surface area contributed by atoms with Crippen molar-refractivity contribution in [3.63, 3.8) is 0 Å². The average Bonchev–Trinajstić information content (AvgIpc) is 2.38. The third-order valence-corrected chi connectivity index (χ3v) is 2.63. The maximum absolute atomic E-state index is 8.91. The summed E-state index contributed by atoms with van der Waals surface area (Å²) in [5.41, 5.74) is 2.26. The van der Waals surface area contributed by atoms with E-state index in [1.165, 1.54) is 0 Å². The molecule has 0 atom stereocenters. The second-order valence-corrected chi connectivity index (χ2v) is 3.90. The number of nitrogens with zero attached hydrogens (tertiary/aromatic N) is 1. The van der Waals surface area contributed by atoms with Gasteiger partial charge in [0.2, 0.25) is 0 Å². The van der Waals surface area contributed by atoms with Crippen LogP contribution in [0, 0.1) is 16.0 Å². The van der Waals surface area contributed by atoms with Crippen LogP contribution in [0.5, 0.6) is 5.75 Å². The molecule has 0 spiro atoms.